The van der Waals surface area contributed by atoms with E-state index in [0.717, 1.165) is 40.4 Å². The van der Waals surface area contributed by atoms with Crippen molar-refractivity contribution in [3.8, 4) is 11.1 Å². The molecular formula is C24H24F3N3O2. The van der Waals surface area contributed by atoms with Crippen molar-refractivity contribution >= 4 is 28.6 Å². The molecule has 0 fully saturated rings. The topological polar surface area (TPSA) is 62.7 Å². The number of hydrogen-bond acceptors (Lipinski definition) is 4. The van der Waals surface area contributed by atoms with Crippen molar-refractivity contribution in [1.82, 2.24) is 5.48 Å². The van der Waals surface area contributed by atoms with Crippen LogP contribution < -0.4 is 10.8 Å². The molecule has 0 spiro atoms. The Morgan fingerprint density at radius 1 is 1.16 bits per heavy atom. The minimum atomic E-state index is -4.51. The largest absolute Gasteiger partial charge is 0.429 e. The zero-order chi connectivity index (χ0) is 23.2. The summed E-state index contributed by atoms with van der Waals surface area (Å²) in [5.74, 6) is 0.618. The molecule has 0 radical (unpaired) electrons. The van der Waals surface area contributed by atoms with Crippen molar-refractivity contribution < 1.29 is 22.8 Å². The van der Waals surface area contributed by atoms with Gasteiger partial charge in [-0.05, 0) is 80.1 Å². The van der Waals surface area contributed by atoms with Crippen molar-refractivity contribution in [2.24, 2.45) is 4.99 Å². The van der Waals surface area contributed by atoms with Crippen LogP contribution in [0.1, 0.15) is 43.9 Å². The van der Waals surface area contributed by atoms with Crippen LogP contribution in [0.5, 0.6) is 0 Å². The molecule has 5 nitrogen and oxygen atoms in total. The Balaban J connectivity index is 1.97. The Hall–Kier alpha value is -3.13. The van der Waals surface area contributed by atoms with E-state index in [1.807, 2.05) is 38.1 Å². The third-order valence-corrected chi connectivity index (χ3v) is 5.93. The average Bonchev–Trinajstić information content (AvgIpc) is 3.06. The molecule has 0 saturated carbocycles. The lowest BCUT2D eigenvalue weighted by molar-refractivity contribution is -0.116. The number of nitrogens with zero attached hydrogens (tertiary/aromatic N) is 1. The van der Waals surface area contributed by atoms with Gasteiger partial charge in [-0.15, -0.1) is 5.48 Å². The minimum Gasteiger partial charge on any atom is -0.413 e. The molecule has 2 heterocycles. The maximum Gasteiger partial charge on any atom is 0.429 e. The summed E-state index contributed by atoms with van der Waals surface area (Å²) in [6.07, 6.45) is -3.59. The Kier molecular flexibility index (Phi) is 5.58. The number of anilines is 1. The Bertz CT molecular complexity index is 1170. The normalized spacial score (nSPS) is 19.0. The number of alkyl halides is 3. The first-order valence-corrected chi connectivity index (χ1v) is 10.4. The van der Waals surface area contributed by atoms with Gasteiger partial charge in [0.25, 0.3) is 0 Å². The number of carbonyl (C=O) groups is 1. The van der Waals surface area contributed by atoms with Gasteiger partial charge >= 0.3 is 6.18 Å². The van der Waals surface area contributed by atoms with Gasteiger partial charge in [-0.2, -0.15) is 13.2 Å². The fourth-order valence-electron chi connectivity index (χ4n) is 4.22. The van der Waals surface area contributed by atoms with Crippen molar-refractivity contribution in [3.63, 3.8) is 0 Å². The van der Waals surface area contributed by atoms with Crippen molar-refractivity contribution in [3.05, 3.63) is 52.8 Å². The van der Waals surface area contributed by atoms with E-state index in [0.29, 0.717) is 24.2 Å². The van der Waals surface area contributed by atoms with Crippen LogP contribution in [-0.4, -0.2) is 23.8 Å². The summed E-state index contributed by atoms with van der Waals surface area (Å²) in [6, 6.07) is 9.12. The van der Waals surface area contributed by atoms with Crippen molar-refractivity contribution in [2.45, 2.75) is 52.8 Å². The van der Waals surface area contributed by atoms with Gasteiger partial charge < -0.3 is 10.2 Å². The van der Waals surface area contributed by atoms with Crippen molar-refractivity contribution in [1.29, 1.82) is 0 Å². The quantitative estimate of drug-likeness (QED) is 0.585. The number of allylic oxidation sites excluding steroid dienone is 1. The molecule has 2 N–H and O–H groups in total. The summed E-state index contributed by atoms with van der Waals surface area (Å²) in [7, 11) is 0. The van der Waals surface area contributed by atoms with Crippen molar-refractivity contribution in [2.75, 3.05) is 5.32 Å². The highest BCUT2D eigenvalue weighted by molar-refractivity contribution is 5.97. The minimum absolute atomic E-state index is 0.0463. The van der Waals surface area contributed by atoms with Crippen LogP contribution in [0.15, 0.2) is 41.1 Å². The molecule has 1 unspecified atom stereocenters. The summed E-state index contributed by atoms with van der Waals surface area (Å²) in [4.78, 5) is 21.3. The van der Waals surface area contributed by atoms with Crippen LogP contribution in [0.3, 0.4) is 0 Å². The standard InChI is InChI=1S/C24H24F3N3O2/c1-12-19(17-6-5-7-20-18(17)8-9-22(31)29-20)10-16(23-13(2)30-32-14(23)3)11-21(12)28-15(4)24(25,26)27/h5-7,10-11,13,30H,8-9H2,1-4H3,(H,29,31). The molecular weight excluding hydrogens is 419 g/mol. The van der Waals surface area contributed by atoms with Crippen LogP contribution >= 0.6 is 0 Å². The molecule has 168 valence electrons. The molecule has 2 aromatic rings. The van der Waals surface area contributed by atoms with Crippen LogP contribution in [-0.2, 0) is 16.1 Å². The maximum atomic E-state index is 13.3. The van der Waals surface area contributed by atoms with Gasteiger partial charge in [-0.3, -0.25) is 4.79 Å². The molecule has 0 bridgehead atoms. The highest BCUT2D eigenvalue weighted by Gasteiger charge is 2.32. The molecule has 2 aliphatic rings. The fourth-order valence-corrected chi connectivity index (χ4v) is 4.22. The summed E-state index contributed by atoms with van der Waals surface area (Å²) < 4.78 is 39.8. The van der Waals surface area contributed by atoms with Gasteiger partial charge in [0.15, 0.2) is 0 Å². The molecule has 1 atom stereocenters. The third kappa shape index (κ3) is 4.02. The van der Waals surface area contributed by atoms with E-state index in [1.165, 1.54) is 0 Å². The lowest BCUT2D eigenvalue weighted by atomic mass is 9.87. The number of rotatable bonds is 3. The fraction of sp³-hybridized carbons (Fsp3) is 0.333. The summed E-state index contributed by atoms with van der Waals surface area (Å²) >= 11 is 0. The maximum absolute atomic E-state index is 13.3. The number of fused-ring (bicyclic) bond motifs is 1. The van der Waals surface area contributed by atoms with E-state index in [4.69, 9.17) is 4.84 Å². The zero-order valence-corrected chi connectivity index (χ0v) is 18.3. The highest BCUT2D eigenvalue weighted by atomic mass is 19.4. The molecule has 32 heavy (non-hydrogen) atoms. The second-order valence-corrected chi connectivity index (χ2v) is 8.15. The van der Waals surface area contributed by atoms with Gasteiger partial charge in [0.05, 0.1) is 11.7 Å². The second kappa shape index (κ2) is 8.09. The molecule has 1 amide bonds. The van der Waals surface area contributed by atoms with Crippen LogP contribution in [0.2, 0.25) is 0 Å². The second-order valence-electron chi connectivity index (χ2n) is 8.15. The lowest BCUT2D eigenvalue weighted by Crippen LogP contribution is -2.20. The number of benzene rings is 2. The predicted octanol–water partition coefficient (Wildman–Crippen LogP) is 5.86. The first-order valence-electron chi connectivity index (χ1n) is 10.4. The number of carbonyl (C=O) groups excluding carboxylic acids is 1. The molecule has 0 saturated heterocycles. The Morgan fingerprint density at radius 2 is 1.91 bits per heavy atom. The number of aliphatic imine (C=N–C) groups is 1. The molecule has 0 aromatic heterocycles. The monoisotopic (exact) mass is 443 g/mol. The first-order chi connectivity index (χ1) is 15.1. The van der Waals surface area contributed by atoms with Crippen LogP contribution in [0.4, 0.5) is 24.5 Å². The van der Waals surface area contributed by atoms with Crippen LogP contribution in [0.25, 0.3) is 16.7 Å². The van der Waals surface area contributed by atoms with Gasteiger partial charge in [0.2, 0.25) is 5.91 Å². The lowest BCUT2D eigenvalue weighted by Gasteiger charge is -2.22. The third-order valence-electron chi connectivity index (χ3n) is 5.93. The molecule has 4 rings (SSSR count). The number of hydrogen-bond donors (Lipinski definition) is 2. The summed E-state index contributed by atoms with van der Waals surface area (Å²) in [5.41, 5.74) is 7.84. The number of halogens is 3. The smallest absolute Gasteiger partial charge is 0.413 e. The van der Waals surface area contributed by atoms with E-state index < -0.39 is 11.9 Å². The molecule has 8 heteroatoms. The number of hydroxylamine groups is 1. The highest BCUT2D eigenvalue weighted by Crippen LogP contribution is 2.41. The SMILES string of the molecule is CC(=Nc1cc(C2=C(C)ONC2C)cc(-c2cccc3c2CCC(=O)N3)c1C)C(F)(F)F. The Labute approximate surface area is 184 Å². The molecule has 2 aliphatic heterocycles. The van der Waals surface area contributed by atoms with E-state index in [9.17, 15) is 18.0 Å². The number of amides is 1. The summed E-state index contributed by atoms with van der Waals surface area (Å²) in [6.45, 7) is 6.49. The first kappa shape index (κ1) is 22.1. The van der Waals surface area contributed by atoms with Crippen LogP contribution in [0, 0.1) is 6.92 Å². The van der Waals surface area contributed by atoms with Gasteiger partial charge in [0, 0.05) is 17.7 Å². The Morgan fingerprint density at radius 3 is 2.56 bits per heavy atom. The predicted molar refractivity (Wildman–Crippen MR) is 119 cm³/mol. The summed E-state index contributed by atoms with van der Waals surface area (Å²) in [5, 5.41) is 2.89. The van der Waals surface area contributed by atoms with Gasteiger partial charge in [-0.25, -0.2) is 4.99 Å². The van der Waals surface area contributed by atoms with E-state index in [-0.39, 0.29) is 17.6 Å². The van der Waals surface area contributed by atoms with E-state index in [1.54, 1.807) is 13.0 Å². The van der Waals surface area contributed by atoms with E-state index >= 15 is 0 Å². The van der Waals surface area contributed by atoms with Gasteiger partial charge in [-0.1, -0.05) is 12.1 Å². The molecule has 0 aliphatic carbocycles. The zero-order valence-electron chi connectivity index (χ0n) is 18.3. The molecule has 2 aromatic carbocycles. The van der Waals surface area contributed by atoms with Gasteiger partial charge in [0.1, 0.15) is 11.5 Å². The number of nitrogens with one attached hydrogen (secondary N) is 2. The van der Waals surface area contributed by atoms with E-state index in [2.05, 4.69) is 15.8 Å². The average molecular weight is 443 g/mol.